The molecule has 1 aliphatic carbocycles. The van der Waals surface area contributed by atoms with E-state index in [0.717, 1.165) is 36.9 Å². The SMILES string of the molecule is CCn1nccc1C(=O)NC(C(=O)Nc1cnc(-c2c(C)cnn2C)nc1)C1CCC(C)CC1. The number of nitrogens with zero attached hydrogens (tertiary/aromatic N) is 6. The van der Waals surface area contributed by atoms with Crippen LogP contribution in [0.15, 0.2) is 30.9 Å². The third-order valence-corrected chi connectivity index (χ3v) is 6.60. The molecule has 1 unspecified atom stereocenters. The molecule has 3 aromatic heterocycles. The summed E-state index contributed by atoms with van der Waals surface area (Å²) in [5, 5.41) is 14.3. The van der Waals surface area contributed by atoms with Crippen molar-refractivity contribution in [3.8, 4) is 11.5 Å². The number of carbonyl (C=O) groups is 2. The van der Waals surface area contributed by atoms with E-state index in [0.29, 0.717) is 29.7 Å². The predicted octanol–water partition coefficient (Wildman–Crippen LogP) is 2.97. The van der Waals surface area contributed by atoms with Crippen molar-refractivity contribution in [1.82, 2.24) is 34.8 Å². The van der Waals surface area contributed by atoms with E-state index in [1.807, 2.05) is 20.9 Å². The highest BCUT2D eigenvalue weighted by Gasteiger charge is 2.33. The van der Waals surface area contributed by atoms with Crippen LogP contribution in [0.3, 0.4) is 0 Å². The molecule has 0 aromatic carbocycles. The number of rotatable bonds is 7. The van der Waals surface area contributed by atoms with E-state index in [1.54, 1.807) is 40.2 Å². The van der Waals surface area contributed by atoms with Crippen molar-refractivity contribution in [1.29, 1.82) is 0 Å². The second kappa shape index (κ2) is 10.1. The number of anilines is 1. The van der Waals surface area contributed by atoms with Gasteiger partial charge in [0.1, 0.15) is 17.4 Å². The molecule has 1 saturated carbocycles. The number of aryl methyl sites for hydroxylation is 3. The van der Waals surface area contributed by atoms with E-state index in [4.69, 9.17) is 0 Å². The molecule has 2 N–H and O–H groups in total. The Morgan fingerprint density at radius 1 is 1.12 bits per heavy atom. The minimum Gasteiger partial charge on any atom is -0.339 e. The molecular formula is C24H32N8O2. The zero-order chi connectivity index (χ0) is 24.2. The second-order valence-corrected chi connectivity index (χ2v) is 9.09. The Morgan fingerprint density at radius 2 is 1.82 bits per heavy atom. The van der Waals surface area contributed by atoms with Crippen molar-refractivity contribution in [2.45, 2.75) is 59.0 Å². The van der Waals surface area contributed by atoms with Crippen molar-refractivity contribution in [3.63, 3.8) is 0 Å². The first kappa shape index (κ1) is 23.6. The Bertz CT molecular complexity index is 1120. The van der Waals surface area contributed by atoms with Crippen molar-refractivity contribution in [3.05, 3.63) is 42.1 Å². The summed E-state index contributed by atoms with van der Waals surface area (Å²) >= 11 is 0. The summed E-state index contributed by atoms with van der Waals surface area (Å²) in [6.45, 7) is 6.68. The summed E-state index contributed by atoms with van der Waals surface area (Å²) in [4.78, 5) is 35.2. The summed E-state index contributed by atoms with van der Waals surface area (Å²) in [5.74, 6) is 0.679. The fourth-order valence-electron chi connectivity index (χ4n) is 4.61. The number of aromatic nitrogens is 6. The fourth-order valence-corrected chi connectivity index (χ4v) is 4.61. The lowest BCUT2D eigenvalue weighted by molar-refractivity contribution is -0.119. The van der Waals surface area contributed by atoms with Gasteiger partial charge in [-0.2, -0.15) is 10.2 Å². The Kier molecular flexibility index (Phi) is 7.04. The van der Waals surface area contributed by atoms with Crippen molar-refractivity contribution >= 4 is 17.5 Å². The van der Waals surface area contributed by atoms with E-state index < -0.39 is 6.04 Å². The van der Waals surface area contributed by atoms with Crippen LogP contribution >= 0.6 is 0 Å². The first-order valence-corrected chi connectivity index (χ1v) is 11.8. The fraction of sp³-hybridized carbons (Fsp3) is 0.500. The van der Waals surface area contributed by atoms with Crippen LogP contribution in [0.1, 0.15) is 55.6 Å². The molecule has 180 valence electrons. The zero-order valence-electron chi connectivity index (χ0n) is 20.2. The molecule has 0 saturated heterocycles. The highest BCUT2D eigenvalue weighted by atomic mass is 16.2. The van der Waals surface area contributed by atoms with Gasteiger partial charge in [-0.1, -0.05) is 19.8 Å². The molecule has 10 heteroatoms. The van der Waals surface area contributed by atoms with Crippen LogP contribution in [0.4, 0.5) is 5.69 Å². The molecule has 1 atom stereocenters. The van der Waals surface area contributed by atoms with E-state index in [9.17, 15) is 9.59 Å². The van der Waals surface area contributed by atoms with Crippen molar-refractivity contribution in [2.75, 3.05) is 5.32 Å². The molecule has 4 rings (SSSR count). The maximum Gasteiger partial charge on any atom is 0.270 e. The Labute approximate surface area is 199 Å². The van der Waals surface area contributed by atoms with Gasteiger partial charge in [-0.3, -0.25) is 19.0 Å². The van der Waals surface area contributed by atoms with Gasteiger partial charge in [0.2, 0.25) is 5.91 Å². The van der Waals surface area contributed by atoms with Gasteiger partial charge >= 0.3 is 0 Å². The summed E-state index contributed by atoms with van der Waals surface area (Å²) in [6.07, 6.45) is 10.4. The van der Waals surface area contributed by atoms with Crippen molar-refractivity contribution < 1.29 is 9.59 Å². The maximum absolute atomic E-state index is 13.4. The van der Waals surface area contributed by atoms with Crippen LogP contribution in [0.2, 0.25) is 0 Å². The highest BCUT2D eigenvalue weighted by molar-refractivity contribution is 6.00. The molecule has 10 nitrogen and oxygen atoms in total. The molecular weight excluding hydrogens is 432 g/mol. The van der Waals surface area contributed by atoms with Crippen LogP contribution in [-0.4, -0.2) is 47.4 Å². The number of amides is 2. The number of hydrogen-bond acceptors (Lipinski definition) is 6. The Hall–Kier alpha value is -3.56. The van der Waals surface area contributed by atoms with Gasteiger partial charge in [0.05, 0.1) is 24.3 Å². The van der Waals surface area contributed by atoms with Gasteiger partial charge in [0, 0.05) is 19.8 Å². The molecule has 3 heterocycles. The molecule has 1 aliphatic rings. The zero-order valence-corrected chi connectivity index (χ0v) is 20.2. The van der Waals surface area contributed by atoms with Crippen LogP contribution in [0.5, 0.6) is 0 Å². The van der Waals surface area contributed by atoms with E-state index in [-0.39, 0.29) is 17.7 Å². The lowest BCUT2D eigenvalue weighted by atomic mass is 9.79. The summed E-state index contributed by atoms with van der Waals surface area (Å²) in [5.41, 5.74) is 2.73. The quantitative estimate of drug-likeness (QED) is 0.555. The lowest BCUT2D eigenvalue weighted by Gasteiger charge is -2.32. The van der Waals surface area contributed by atoms with E-state index in [1.165, 1.54) is 0 Å². The summed E-state index contributed by atoms with van der Waals surface area (Å²) in [6, 6.07) is 1.02. The second-order valence-electron chi connectivity index (χ2n) is 9.09. The topological polar surface area (TPSA) is 120 Å². The van der Waals surface area contributed by atoms with E-state index in [2.05, 4.69) is 37.7 Å². The monoisotopic (exact) mass is 464 g/mol. The Balaban J connectivity index is 1.51. The highest BCUT2D eigenvalue weighted by Crippen LogP contribution is 2.31. The molecule has 0 bridgehead atoms. The standard InChI is InChI=1S/C24H32N8O2/c1-5-32-19(10-11-27-32)23(33)30-20(17-8-6-15(2)7-9-17)24(34)29-18-13-25-22(26-14-18)21-16(3)12-28-31(21)4/h10-15,17,20H,5-9H2,1-4H3,(H,29,34)(H,30,33). The molecule has 34 heavy (non-hydrogen) atoms. The van der Waals surface area contributed by atoms with Gasteiger partial charge in [-0.05, 0) is 50.2 Å². The largest absolute Gasteiger partial charge is 0.339 e. The molecule has 0 spiro atoms. The molecule has 3 aromatic rings. The average Bonchev–Trinajstić information content (AvgIpc) is 3.45. The minimum atomic E-state index is -0.654. The number of carbonyl (C=O) groups excluding carboxylic acids is 2. The minimum absolute atomic E-state index is 0.0652. The summed E-state index contributed by atoms with van der Waals surface area (Å²) in [7, 11) is 1.84. The van der Waals surface area contributed by atoms with Crippen LogP contribution < -0.4 is 10.6 Å². The third kappa shape index (κ3) is 5.00. The van der Waals surface area contributed by atoms with Crippen LogP contribution in [0.25, 0.3) is 11.5 Å². The maximum atomic E-state index is 13.4. The number of nitrogens with one attached hydrogen (secondary N) is 2. The first-order chi connectivity index (χ1) is 16.4. The molecule has 2 amide bonds. The predicted molar refractivity (Wildman–Crippen MR) is 128 cm³/mol. The van der Waals surface area contributed by atoms with Gasteiger partial charge in [0.25, 0.3) is 5.91 Å². The third-order valence-electron chi connectivity index (χ3n) is 6.60. The van der Waals surface area contributed by atoms with Crippen LogP contribution in [-0.2, 0) is 18.4 Å². The van der Waals surface area contributed by atoms with Gasteiger partial charge in [-0.25, -0.2) is 9.97 Å². The number of hydrogen-bond donors (Lipinski definition) is 2. The van der Waals surface area contributed by atoms with Gasteiger partial charge in [0.15, 0.2) is 5.82 Å². The van der Waals surface area contributed by atoms with Gasteiger partial charge < -0.3 is 10.6 Å². The average molecular weight is 465 g/mol. The molecule has 0 radical (unpaired) electrons. The lowest BCUT2D eigenvalue weighted by Crippen LogP contribution is -2.49. The van der Waals surface area contributed by atoms with E-state index >= 15 is 0 Å². The smallest absolute Gasteiger partial charge is 0.270 e. The van der Waals surface area contributed by atoms with Crippen molar-refractivity contribution in [2.24, 2.45) is 18.9 Å². The summed E-state index contributed by atoms with van der Waals surface area (Å²) < 4.78 is 3.35. The van der Waals surface area contributed by atoms with Crippen LogP contribution in [0, 0.1) is 18.8 Å². The first-order valence-electron chi connectivity index (χ1n) is 11.8. The molecule has 1 fully saturated rings. The Morgan fingerprint density at radius 3 is 2.44 bits per heavy atom. The normalized spacial score (nSPS) is 18.9. The molecule has 0 aliphatic heterocycles. The van der Waals surface area contributed by atoms with Gasteiger partial charge in [-0.15, -0.1) is 0 Å².